The lowest BCUT2D eigenvalue weighted by Gasteiger charge is -2.30. The predicted molar refractivity (Wildman–Crippen MR) is 118 cm³/mol. The Labute approximate surface area is 177 Å². The molecule has 0 spiro atoms. The zero-order chi connectivity index (χ0) is 21.1. The molecule has 6 heteroatoms. The molecule has 2 rings (SSSR count). The summed E-state index contributed by atoms with van der Waals surface area (Å²) in [6, 6.07) is 17.2. The van der Waals surface area contributed by atoms with E-state index in [1.165, 1.54) is 0 Å². The summed E-state index contributed by atoms with van der Waals surface area (Å²) in [7, 11) is 1.62. The Bertz CT molecular complexity index is 783. The summed E-state index contributed by atoms with van der Waals surface area (Å²) < 4.78 is 5.30. The van der Waals surface area contributed by atoms with E-state index in [1.54, 1.807) is 23.8 Å². The maximum absolute atomic E-state index is 13.1. The van der Waals surface area contributed by atoms with Gasteiger partial charge in [-0.05, 0) is 43.2 Å². The Morgan fingerprint density at radius 2 is 1.86 bits per heavy atom. The first kappa shape index (κ1) is 22.8. The molecule has 0 fully saturated rings. The van der Waals surface area contributed by atoms with E-state index < -0.39 is 6.04 Å². The topological polar surface area (TPSA) is 58.6 Å². The molecule has 1 N–H and O–H groups in total. The number of nitrogens with one attached hydrogen (secondary N) is 1. The van der Waals surface area contributed by atoms with Crippen LogP contribution in [0.3, 0.4) is 0 Å². The average molecular weight is 415 g/mol. The van der Waals surface area contributed by atoms with Crippen LogP contribution in [0.25, 0.3) is 0 Å². The number of amides is 2. The largest absolute Gasteiger partial charge is 0.497 e. The lowest BCUT2D eigenvalue weighted by molar-refractivity contribution is -0.141. The van der Waals surface area contributed by atoms with Crippen molar-refractivity contribution in [3.05, 3.63) is 60.2 Å². The first-order valence-electron chi connectivity index (χ1n) is 9.97. The second-order valence-electron chi connectivity index (χ2n) is 6.60. The van der Waals surface area contributed by atoms with Crippen molar-refractivity contribution in [2.75, 3.05) is 19.4 Å². The highest BCUT2D eigenvalue weighted by atomic mass is 32.2. The standard InChI is InChI=1S/C23H30N2O3S/c1-4-21(23(27)24-5-2)25(17-18-10-9-11-19(16-18)28-3)22(26)14-15-29-20-12-7-6-8-13-20/h6-13,16,21H,4-5,14-15,17H2,1-3H3,(H,24,27). The third-order valence-electron chi connectivity index (χ3n) is 4.55. The molecule has 0 bridgehead atoms. The lowest BCUT2D eigenvalue weighted by Crippen LogP contribution is -2.49. The minimum atomic E-state index is -0.490. The van der Waals surface area contributed by atoms with E-state index in [1.807, 2.05) is 68.4 Å². The van der Waals surface area contributed by atoms with E-state index in [-0.39, 0.29) is 11.8 Å². The molecule has 1 atom stereocenters. The van der Waals surface area contributed by atoms with Crippen molar-refractivity contribution in [2.24, 2.45) is 0 Å². The maximum atomic E-state index is 13.1. The fraction of sp³-hybridized carbons (Fsp3) is 0.391. The van der Waals surface area contributed by atoms with Gasteiger partial charge in [0.2, 0.25) is 11.8 Å². The molecule has 2 aromatic carbocycles. The zero-order valence-electron chi connectivity index (χ0n) is 17.4. The summed E-state index contributed by atoms with van der Waals surface area (Å²) >= 11 is 1.65. The molecular formula is C23H30N2O3S. The number of nitrogens with zero attached hydrogens (tertiary/aromatic N) is 1. The molecule has 0 radical (unpaired) electrons. The summed E-state index contributed by atoms with van der Waals surface area (Å²) in [5.41, 5.74) is 0.941. The van der Waals surface area contributed by atoms with Crippen molar-refractivity contribution in [1.29, 1.82) is 0 Å². The summed E-state index contributed by atoms with van der Waals surface area (Å²) in [5.74, 6) is 1.28. The molecular weight excluding hydrogens is 384 g/mol. The van der Waals surface area contributed by atoms with E-state index >= 15 is 0 Å². The number of benzene rings is 2. The van der Waals surface area contributed by atoms with Crippen molar-refractivity contribution in [1.82, 2.24) is 10.2 Å². The van der Waals surface area contributed by atoms with Gasteiger partial charge in [-0.25, -0.2) is 0 Å². The van der Waals surface area contributed by atoms with Gasteiger partial charge in [0.25, 0.3) is 0 Å². The Kier molecular flexibility index (Phi) is 9.57. The van der Waals surface area contributed by atoms with Crippen LogP contribution in [0.15, 0.2) is 59.5 Å². The monoisotopic (exact) mass is 414 g/mol. The molecule has 29 heavy (non-hydrogen) atoms. The number of methoxy groups -OCH3 is 1. The minimum absolute atomic E-state index is 0.0191. The number of likely N-dealkylation sites (N-methyl/N-ethyl adjacent to an activating group) is 1. The third-order valence-corrected chi connectivity index (χ3v) is 5.57. The second-order valence-corrected chi connectivity index (χ2v) is 7.77. The van der Waals surface area contributed by atoms with Crippen LogP contribution in [-0.4, -0.2) is 42.2 Å². The van der Waals surface area contributed by atoms with Crippen LogP contribution in [0.5, 0.6) is 5.75 Å². The average Bonchev–Trinajstić information content (AvgIpc) is 2.74. The summed E-state index contributed by atoms with van der Waals surface area (Å²) in [6.45, 7) is 4.74. The van der Waals surface area contributed by atoms with Gasteiger partial charge in [0.05, 0.1) is 7.11 Å². The van der Waals surface area contributed by atoms with Gasteiger partial charge in [-0.15, -0.1) is 11.8 Å². The minimum Gasteiger partial charge on any atom is -0.497 e. The smallest absolute Gasteiger partial charge is 0.242 e. The highest BCUT2D eigenvalue weighted by molar-refractivity contribution is 7.99. The molecule has 5 nitrogen and oxygen atoms in total. The molecule has 2 aromatic rings. The van der Waals surface area contributed by atoms with Crippen molar-refractivity contribution in [3.63, 3.8) is 0 Å². The van der Waals surface area contributed by atoms with E-state index in [9.17, 15) is 9.59 Å². The van der Waals surface area contributed by atoms with Crippen molar-refractivity contribution in [3.8, 4) is 5.75 Å². The zero-order valence-corrected chi connectivity index (χ0v) is 18.2. The first-order chi connectivity index (χ1) is 14.1. The van der Waals surface area contributed by atoms with Crippen LogP contribution in [0.2, 0.25) is 0 Å². The Balaban J connectivity index is 2.13. The SMILES string of the molecule is CCNC(=O)C(CC)N(Cc1cccc(OC)c1)C(=O)CCSc1ccccc1. The number of hydrogen-bond acceptors (Lipinski definition) is 4. The van der Waals surface area contributed by atoms with Crippen LogP contribution in [-0.2, 0) is 16.1 Å². The quantitative estimate of drug-likeness (QED) is 0.562. The van der Waals surface area contributed by atoms with E-state index in [0.29, 0.717) is 31.7 Å². The second kappa shape index (κ2) is 12.2. The number of rotatable bonds is 11. The molecule has 0 aliphatic carbocycles. The number of hydrogen-bond donors (Lipinski definition) is 1. The summed E-state index contributed by atoms with van der Waals surface area (Å²) in [4.78, 5) is 28.5. The number of carbonyl (C=O) groups excluding carboxylic acids is 2. The molecule has 0 aliphatic heterocycles. The first-order valence-corrected chi connectivity index (χ1v) is 11.0. The van der Waals surface area contributed by atoms with E-state index in [4.69, 9.17) is 4.74 Å². The number of ether oxygens (including phenoxy) is 1. The summed E-state index contributed by atoms with van der Waals surface area (Å²) in [5, 5.41) is 2.86. The van der Waals surface area contributed by atoms with E-state index in [2.05, 4.69) is 5.32 Å². The molecule has 1 unspecified atom stereocenters. The molecule has 0 heterocycles. The van der Waals surface area contributed by atoms with Crippen molar-refractivity contribution < 1.29 is 14.3 Å². The Morgan fingerprint density at radius 3 is 2.52 bits per heavy atom. The predicted octanol–water partition coefficient (Wildman–Crippen LogP) is 4.12. The fourth-order valence-electron chi connectivity index (χ4n) is 3.10. The molecule has 0 saturated carbocycles. The third kappa shape index (κ3) is 7.13. The van der Waals surface area contributed by atoms with Crippen LogP contribution in [0.4, 0.5) is 0 Å². The van der Waals surface area contributed by atoms with Gasteiger partial charge in [-0.1, -0.05) is 37.3 Å². The molecule has 0 saturated heterocycles. The van der Waals surface area contributed by atoms with Gasteiger partial charge >= 0.3 is 0 Å². The Hall–Kier alpha value is -2.47. The molecule has 0 aromatic heterocycles. The maximum Gasteiger partial charge on any atom is 0.242 e. The highest BCUT2D eigenvalue weighted by Crippen LogP contribution is 2.21. The van der Waals surface area contributed by atoms with Gasteiger partial charge in [-0.2, -0.15) is 0 Å². The van der Waals surface area contributed by atoms with Crippen LogP contribution in [0, 0.1) is 0 Å². The fourth-order valence-corrected chi connectivity index (χ4v) is 3.96. The van der Waals surface area contributed by atoms with Crippen molar-refractivity contribution >= 4 is 23.6 Å². The lowest BCUT2D eigenvalue weighted by atomic mass is 10.1. The number of thioether (sulfide) groups is 1. The summed E-state index contributed by atoms with van der Waals surface area (Å²) in [6.07, 6.45) is 0.937. The van der Waals surface area contributed by atoms with Gasteiger partial charge in [0, 0.05) is 30.2 Å². The van der Waals surface area contributed by atoms with Gasteiger partial charge in [0.15, 0.2) is 0 Å². The van der Waals surface area contributed by atoms with Gasteiger partial charge in [0.1, 0.15) is 11.8 Å². The number of carbonyl (C=O) groups is 2. The van der Waals surface area contributed by atoms with Gasteiger partial charge in [-0.3, -0.25) is 9.59 Å². The highest BCUT2D eigenvalue weighted by Gasteiger charge is 2.28. The van der Waals surface area contributed by atoms with Crippen molar-refractivity contribution in [2.45, 2.75) is 44.2 Å². The van der Waals surface area contributed by atoms with Crippen LogP contribution >= 0.6 is 11.8 Å². The van der Waals surface area contributed by atoms with Crippen LogP contribution in [0.1, 0.15) is 32.3 Å². The Morgan fingerprint density at radius 1 is 1.10 bits per heavy atom. The molecule has 0 aliphatic rings. The molecule has 156 valence electrons. The van der Waals surface area contributed by atoms with Crippen LogP contribution < -0.4 is 10.1 Å². The van der Waals surface area contributed by atoms with Gasteiger partial charge < -0.3 is 15.0 Å². The van der Waals surface area contributed by atoms with E-state index in [0.717, 1.165) is 16.2 Å². The normalized spacial score (nSPS) is 11.6. The molecule has 2 amide bonds.